The van der Waals surface area contributed by atoms with E-state index in [1.165, 1.54) is 11.1 Å². The molecule has 1 N–H and O–H groups in total. The Balaban J connectivity index is 1.76. The maximum absolute atomic E-state index is 12.9. The van der Waals surface area contributed by atoms with Gasteiger partial charge in [0.2, 0.25) is 0 Å². The van der Waals surface area contributed by atoms with Gasteiger partial charge in [-0.15, -0.1) is 0 Å². The highest BCUT2D eigenvalue weighted by Gasteiger charge is 2.17. The molecule has 4 heteroatoms. The van der Waals surface area contributed by atoms with E-state index in [9.17, 15) is 4.79 Å². The first-order valence-corrected chi connectivity index (χ1v) is 8.80. The SMILES string of the molecule is CCN(C(=O)c1cc(NCc2ccccc2C)ccn1)c1ccccc1. The maximum atomic E-state index is 12.9. The van der Waals surface area contributed by atoms with Crippen LogP contribution in [0.25, 0.3) is 0 Å². The molecule has 1 aromatic heterocycles. The predicted octanol–water partition coefficient (Wildman–Crippen LogP) is 4.67. The van der Waals surface area contributed by atoms with Gasteiger partial charge in [-0.25, -0.2) is 0 Å². The minimum atomic E-state index is -0.0989. The number of hydrogen-bond acceptors (Lipinski definition) is 3. The van der Waals surface area contributed by atoms with Gasteiger partial charge in [0.25, 0.3) is 5.91 Å². The molecular formula is C22H23N3O. The Morgan fingerprint density at radius 2 is 1.77 bits per heavy atom. The van der Waals surface area contributed by atoms with Crippen LogP contribution in [-0.4, -0.2) is 17.4 Å². The number of carbonyl (C=O) groups excluding carboxylic acids is 1. The number of nitrogens with one attached hydrogen (secondary N) is 1. The number of rotatable bonds is 6. The molecule has 0 atom stereocenters. The monoisotopic (exact) mass is 345 g/mol. The average molecular weight is 345 g/mol. The van der Waals surface area contributed by atoms with Crippen LogP contribution in [-0.2, 0) is 6.54 Å². The van der Waals surface area contributed by atoms with E-state index in [1.807, 2.05) is 61.5 Å². The minimum Gasteiger partial charge on any atom is -0.381 e. The molecule has 4 nitrogen and oxygen atoms in total. The molecule has 132 valence electrons. The van der Waals surface area contributed by atoms with E-state index < -0.39 is 0 Å². The summed E-state index contributed by atoms with van der Waals surface area (Å²) in [4.78, 5) is 18.9. The second kappa shape index (κ2) is 8.30. The van der Waals surface area contributed by atoms with Crippen molar-refractivity contribution < 1.29 is 4.79 Å². The summed E-state index contributed by atoms with van der Waals surface area (Å²) in [5, 5.41) is 3.38. The van der Waals surface area contributed by atoms with E-state index in [4.69, 9.17) is 0 Å². The lowest BCUT2D eigenvalue weighted by Gasteiger charge is -2.20. The highest BCUT2D eigenvalue weighted by atomic mass is 16.2. The van der Waals surface area contributed by atoms with Gasteiger partial charge in [0.1, 0.15) is 5.69 Å². The third-order valence-corrected chi connectivity index (χ3v) is 4.35. The van der Waals surface area contributed by atoms with Gasteiger partial charge >= 0.3 is 0 Å². The van der Waals surface area contributed by atoms with Crippen molar-refractivity contribution in [3.05, 3.63) is 89.7 Å². The molecule has 0 radical (unpaired) electrons. The van der Waals surface area contributed by atoms with Crippen LogP contribution in [0.2, 0.25) is 0 Å². The molecule has 0 bridgehead atoms. The van der Waals surface area contributed by atoms with E-state index in [0.29, 0.717) is 18.8 Å². The van der Waals surface area contributed by atoms with Crippen molar-refractivity contribution in [3.63, 3.8) is 0 Å². The Labute approximate surface area is 154 Å². The predicted molar refractivity (Wildman–Crippen MR) is 107 cm³/mol. The van der Waals surface area contributed by atoms with Gasteiger partial charge in [-0.2, -0.15) is 0 Å². The van der Waals surface area contributed by atoms with Gasteiger partial charge in [-0.1, -0.05) is 42.5 Å². The van der Waals surface area contributed by atoms with E-state index in [1.54, 1.807) is 11.1 Å². The topological polar surface area (TPSA) is 45.2 Å². The van der Waals surface area contributed by atoms with Gasteiger partial charge in [-0.3, -0.25) is 9.78 Å². The number of carbonyl (C=O) groups is 1. The summed E-state index contributed by atoms with van der Waals surface area (Å²) in [6.45, 7) is 5.36. The average Bonchev–Trinajstić information content (AvgIpc) is 2.69. The summed E-state index contributed by atoms with van der Waals surface area (Å²) in [6.07, 6.45) is 1.67. The van der Waals surface area contributed by atoms with Crippen molar-refractivity contribution in [3.8, 4) is 0 Å². The second-order valence-corrected chi connectivity index (χ2v) is 6.09. The van der Waals surface area contributed by atoms with Crippen molar-refractivity contribution in [2.75, 3.05) is 16.8 Å². The summed E-state index contributed by atoms with van der Waals surface area (Å²) >= 11 is 0. The summed E-state index contributed by atoms with van der Waals surface area (Å²) in [6, 6.07) is 21.6. The number of benzene rings is 2. The summed E-state index contributed by atoms with van der Waals surface area (Å²) in [5.74, 6) is -0.0989. The Morgan fingerprint density at radius 1 is 1.04 bits per heavy atom. The number of aromatic nitrogens is 1. The lowest BCUT2D eigenvalue weighted by molar-refractivity contribution is 0.0983. The lowest BCUT2D eigenvalue weighted by Crippen LogP contribution is -2.31. The molecular weight excluding hydrogens is 322 g/mol. The van der Waals surface area contributed by atoms with Gasteiger partial charge < -0.3 is 10.2 Å². The van der Waals surface area contributed by atoms with Crippen molar-refractivity contribution in [1.82, 2.24) is 4.98 Å². The van der Waals surface area contributed by atoms with Crippen LogP contribution in [0.4, 0.5) is 11.4 Å². The van der Waals surface area contributed by atoms with Gasteiger partial charge in [0, 0.05) is 30.7 Å². The first-order chi connectivity index (χ1) is 12.7. The molecule has 26 heavy (non-hydrogen) atoms. The molecule has 0 fully saturated rings. The van der Waals surface area contributed by atoms with E-state index >= 15 is 0 Å². The quantitative estimate of drug-likeness (QED) is 0.706. The number of pyridine rings is 1. The summed E-state index contributed by atoms with van der Waals surface area (Å²) in [7, 11) is 0. The van der Waals surface area contributed by atoms with E-state index in [2.05, 4.69) is 29.4 Å². The standard InChI is InChI=1S/C22H23N3O/c1-3-25(20-11-5-4-6-12-20)22(26)21-15-19(13-14-23-21)24-16-18-10-8-7-9-17(18)2/h4-15H,3,16H2,1-2H3,(H,23,24). The van der Waals surface area contributed by atoms with Crippen LogP contribution in [0, 0.1) is 6.92 Å². The molecule has 0 saturated carbocycles. The first kappa shape index (κ1) is 17.7. The highest BCUT2D eigenvalue weighted by molar-refractivity contribution is 6.05. The maximum Gasteiger partial charge on any atom is 0.276 e. The van der Waals surface area contributed by atoms with Crippen LogP contribution in [0.1, 0.15) is 28.5 Å². The Kier molecular flexibility index (Phi) is 5.64. The van der Waals surface area contributed by atoms with Crippen molar-refractivity contribution >= 4 is 17.3 Å². The highest BCUT2D eigenvalue weighted by Crippen LogP contribution is 2.18. The largest absolute Gasteiger partial charge is 0.381 e. The fourth-order valence-electron chi connectivity index (χ4n) is 2.85. The van der Waals surface area contributed by atoms with Gasteiger partial charge in [0.15, 0.2) is 0 Å². The molecule has 0 saturated heterocycles. The zero-order valence-corrected chi connectivity index (χ0v) is 15.1. The van der Waals surface area contributed by atoms with E-state index in [-0.39, 0.29) is 5.91 Å². The molecule has 0 unspecified atom stereocenters. The lowest BCUT2D eigenvalue weighted by atomic mass is 10.1. The van der Waals surface area contributed by atoms with Crippen LogP contribution >= 0.6 is 0 Å². The van der Waals surface area contributed by atoms with Gasteiger partial charge in [-0.05, 0) is 49.2 Å². The third-order valence-electron chi connectivity index (χ3n) is 4.35. The smallest absolute Gasteiger partial charge is 0.276 e. The normalized spacial score (nSPS) is 10.4. The number of anilines is 2. The Hall–Kier alpha value is -3.14. The third kappa shape index (κ3) is 4.09. The summed E-state index contributed by atoms with van der Waals surface area (Å²) < 4.78 is 0. The number of nitrogens with zero attached hydrogens (tertiary/aromatic N) is 2. The zero-order chi connectivity index (χ0) is 18.4. The van der Waals surface area contributed by atoms with Crippen molar-refractivity contribution in [2.24, 2.45) is 0 Å². The fourth-order valence-corrected chi connectivity index (χ4v) is 2.85. The fraction of sp³-hybridized carbons (Fsp3) is 0.182. The van der Waals surface area contributed by atoms with Crippen LogP contribution in [0.15, 0.2) is 72.9 Å². The molecule has 3 rings (SSSR count). The number of amides is 1. The molecule has 0 spiro atoms. The molecule has 0 aliphatic carbocycles. The van der Waals surface area contributed by atoms with E-state index in [0.717, 1.165) is 11.4 Å². The van der Waals surface area contributed by atoms with Crippen LogP contribution in [0.3, 0.4) is 0 Å². The number of para-hydroxylation sites is 1. The number of hydrogen-bond donors (Lipinski definition) is 1. The molecule has 3 aromatic rings. The molecule has 1 heterocycles. The first-order valence-electron chi connectivity index (χ1n) is 8.80. The molecule has 1 amide bonds. The van der Waals surface area contributed by atoms with Crippen LogP contribution in [0.5, 0.6) is 0 Å². The van der Waals surface area contributed by atoms with Gasteiger partial charge in [0.05, 0.1) is 0 Å². The zero-order valence-electron chi connectivity index (χ0n) is 15.1. The second-order valence-electron chi connectivity index (χ2n) is 6.09. The van der Waals surface area contributed by atoms with Crippen molar-refractivity contribution in [1.29, 1.82) is 0 Å². The molecule has 0 aliphatic heterocycles. The minimum absolute atomic E-state index is 0.0989. The number of aryl methyl sites for hydroxylation is 1. The summed E-state index contributed by atoms with van der Waals surface area (Å²) in [5.41, 5.74) is 4.67. The molecule has 2 aromatic carbocycles. The van der Waals surface area contributed by atoms with Crippen molar-refractivity contribution in [2.45, 2.75) is 20.4 Å². The Bertz CT molecular complexity index is 877. The van der Waals surface area contributed by atoms with Crippen LogP contribution < -0.4 is 10.2 Å². The Morgan fingerprint density at radius 3 is 2.50 bits per heavy atom. The molecule has 0 aliphatic rings.